The lowest BCUT2D eigenvalue weighted by Crippen LogP contribution is -2.09. The Morgan fingerprint density at radius 1 is 1.11 bits per heavy atom. The van der Waals surface area contributed by atoms with Crippen LogP contribution in [0.5, 0.6) is 6.01 Å². The summed E-state index contributed by atoms with van der Waals surface area (Å²) in [6, 6.07) is 11.6. The van der Waals surface area contributed by atoms with Gasteiger partial charge in [0.1, 0.15) is 12.1 Å². The van der Waals surface area contributed by atoms with Gasteiger partial charge in [0.15, 0.2) is 5.82 Å². The van der Waals surface area contributed by atoms with Gasteiger partial charge in [0.05, 0.1) is 19.4 Å². The average molecular weight is 378 g/mol. The molecule has 0 amide bonds. The number of H-pyrrole nitrogens is 1. The second-order valence-corrected chi connectivity index (χ2v) is 5.67. The topological polar surface area (TPSA) is 127 Å². The fraction of sp³-hybridized carbons (Fsp3) is 0.167. The molecule has 0 radical (unpaired) electrons. The van der Waals surface area contributed by atoms with Crippen LogP contribution in [-0.4, -0.2) is 36.7 Å². The molecule has 0 spiro atoms. The van der Waals surface area contributed by atoms with E-state index >= 15 is 0 Å². The maximum Gasteiger partial charge on any atom is 0.323 e. The summed E-state index contributed by atoms with van der Waals surface area (Å²) in [6.45, 7) is 2.76. The highest BCUT2D eigenvalue weighted by Crippen LogP contribution is 2.22. The SMILES string of the molecule is CCOc1nc(NCc2ccco2)nc(Nc2cccc(-c3nnc[nH]3)c2)n1. The number of hydrogen-bond acceptors (Lipinski definition) is 9. The zero-order chi connectivity index (χ0) is 19.2. The quantitative estimate of drug-likeness (QED) is 0.424. The molecule has 28 heavy (non-hydrogen) atoms. The highest BCUT2D eigenvalue weighted by molar-refractivity contribution is 5.65. The average Bonchev–Trinajstić information content (AvgIpc) is 3.41. The molecule has 3 N–H and O–H groups in total. The van der Waals surface area contributed by atoms with Crippen LogP contribution in [0.4, 0.5) is 17.6 Å². The monoisotopic (exact) mass is 378 g/mol. The van der Waals surface area contributed by atoms with E-state index in [4.69, 9.17) is 9.15 Å². The molecule has 142 valence electrons. The van der Waals surface area contributed by atoms with E-state index in [2.05, 4.69) is 40.8 Å². The standard InChI is InChI=1S/C18H18N8O2/c1-2-27-18-24-16(19-10-14-7-4-8-28-14)23-17(25-18)22-13-6-3-5-12(9-13)15-20-11-21-26-15/h3-9,11H,2,10H2,1H3,(H,20,21,26)(H2,19,22,23,24,25). The van der Waals surface area contributed by atoms with Crippen molar-refractivity contribution in [3.8, 4) is 17.4 Å². The Labute approximate surface area is 160 Å². The van der Waals surface area contributed by atoms with Crippen LogP contribution in [0.25, 0.3) is 11.4 Å². The van der Waals surface area contributed by atoms with Gasteiger partial charge in [-0.1, -0.05) is 12.1 Å². The molecule has 1 aromatic carbocycles. The number of furan rings is 1. The fourth-order valence-corrected chi connectivity index (χ4v) is 2.48. The van der Waals surface area contributed by atoms with Gasteiger partial charge in [-0.15, -0.1) is 10.2 Å². The number of nitrogens with one attached hydrogen (secondary N) is 3. The molecule has 0 aliphatic carbocycles. The first-order valence-electron chi connectivity index (χ1n) is 8.69. The van der Waals surface area contributed by atoms with E-state index in [-0.39, 0.29) is 6.01 Å². The molecule has 10 heteroatoms. The van der Waals surface area contributed by atoms with E-state index in [1.165, 1.54) is 6.33 Å². The van der Waals surface area contributed by atoms with E-state index in [9.17, 15) is 0 Å². The van der Waals surface area contributed by atoms with E-state index in [0.29, 0.717) is 30.9 Å². The summed E-state index contributed by atoms with van der Waals surface area (Å²) in [5.74, 6) is 2.18. The number of anilines is 3. The van der Waals surface area contributed by atoms with Crippen LogP contribution in [-0.2, 0) is 6.54 Å². The van der Waals surface area contributed by atoms with Gasteiger partial charge >= 0.3 is 6.01 Å². The highest BCUT2D eigenvalue weighted by Gasteiger charge is 2.09. The minimum absolute atomic E-state index is 0.230. The Morgan fingerprint density at radius 3 is 2.82 bits per heavy atom. The largest absolute Gasteiger partial charge is 0.467 e. The van der Waals surface area contributed by atoms with Crippen molar-refractivity contribution >= 4 is 17.6 Å². The molecule has 0 unspecified atom stereocenters. The normalized spacial score (nSPS) is 10.6. The number of benzene rings is 1. The van der Waals surface area contributed by atoms with Crippen LogP contribution in [0.15, 0.2) is 53.4 Å². The third kappa shape index (κ3) is 4.23. The molecule has 4 rings (SSSR count). The molecule has 0 saturated heterocycles. The number of aromatic nitrogens is 6. The van der Waals surface area contributed by atoms with Crippen molar-refractivity contribution in [1.29, 1.82) is 0 Å². The van der Waals surface area contributed by atoms with Crippen LogP contribution >= 0.6 is 0 Å². The van der Waals surface area contributed by atoms with Crippen LogP contribution in [0, 0.1) is 0 Å². The zero-order valence-electron chi connectivity index (χ0n) is 15.1. The summed E-state index contributed by atoms with van der Waals surface area (Å²) in [5, 5.41) is 14.1. The molecular formula is C18H18N8O2. The summed E-state index contributed by atoms with van der Waals surface area (Å²) in [6.07, 6.45) is 3.15. The fourth-order valence-electron chi connectivity index (χ4n) is 2.48. The van der Waals surface area contributed by atoms with Crippen LogP contribution < -0.4 is 15.4 Å². The minimum atomic E-state index is 0.230. The molecule has 0 fully saturated rings. The number of nitrogens with zero attached hydrogens (tertiary/aromatic N) is 5. The van der Waals surface area contributed by atoms with Gasteiger partial charge in [-0.2, -0.15) is 15.0 Å². The first kappa shape index (κ1) is 17.5. The van der Waals surface area contributed by atoms with E-state index < -0.39 is 0 Å². The second-order valence-electron chi connectivity index (χ2n) is 5.67. The van der Waals surface area contributed by atoms with E-state index in [1.54, 1.807) is 6.26 Å². The first-order chi connectivity index (χ1) is 13.8. The summed E-state index contributed by atoms with van der Waals surface area (Å²) in [4.78, 5) is 15.9. The molecule has 0 atom stereocenters. The number of ether oxygens (including phenoxy) is 1. The van der Waals surface area contributed by atoms with Crippen LogP contribution in [0.3, 0.4) is 0 Å². The van der Waals surface area contributed by atoms with Crippen molar-refractivity contribution in [2.45, 2.75) is 13.5 Å². The molecule has 3 heterocycles. The zero-order valence-corrected chi connectivity index (χ0v) is 15.1. The molecule has 0 aliphatic rings. The Kier molecular flexibility index (Phi) is 5.09. The van der Waals surface area contributed by atoms with Crippen molar-refractivity contribution in [1.82, 2.24) is 30.1 Å². The summed E-state index contributed by atoms with van der Waals surface area (Å²) < 4.78 is 10.8. The molecule has 0 aliphatic heterocycles. The number of hydrogen-bond donors (Lipinski definition) is 3. The maximum absolute atomic E-state index is 5.46. The van der Waals surface area contributed by atoms with E-state index in [1.807, 2.05) is 43.3 Å². The second kappa shape index (κ2) is 8.16. The summed E-state index contributed by atoms with van der Waals surface area (Å²) in [7, 11) is 0. The van der Waals surface area contributed by atoms with Gasteiger partial charge in [-0.25, -0.2) is 0 Å². The van der Waals surface area contributed by atoms with Gasteiger partial charge < -0.3 is 24.8 Å². The predicted octanol–water partition coefficient (Wildman–Crippen LogP) is 3.00. The van der Waals surface area contributed by atoms with Gasteiger partial charge in [0, 0.05) is 11.3 Å². The number of rotatable bonds is 8. The highest BCUT2D eigenvalue weighted by atomic mass is 16.5. The molecule has 10 nitrogen and oxygen atoms in total. The van der Waals surface area contributed by atoms with E-state index in [0.717, 1.165) is 17.0 Å². The number of aromatic amines is 1. The summed E-state index contributed by atoms with van der Waals surface area (Å²) >= 11 is 0. The van der Waals surface area contributed by atoms with Crippen molar-refractivity contribution in [2.24, 2.45) is 0 Å². The van der Waals surface area contributed by atoms with Crippen LogP contribution in [0.1, 0.15) is 12.7 Å². The Balaban J connectivity index is 1.55. The van der Waals surface area contributed by atoms with Crippen molar-refractivity contribution in [3.05, 3.63) is 54.7 Å². The van der Waals surface area contributed by atoms with Crippen molar-refractivity contribution in [3.63, 3.8) is 0 Å². The maximum atomic E-state index is 5.46. The lowest BCUT2D eigenvalue weighted by atomic mass is 10.2. The molecule has 4 aromatic rings. The van der Waals surface area contributed by atoms with Gasteiger partial charge in [0.25, 0.3) is 0 Å². The Hall–Kier alpha value is -3.95. The molecule has 0 bridgehead atoms. The smallest absolute Gasteiger partial charge is 0.323 e. The van der Waals surface area contributed by atoms with Crippen molar-refractivity contribution in [2.75, 3.05) is 17.2 Å². The molecule has 0 saturated carbocycles. The third-order valence-electron chi connectivity index (χ3n) is 3.70. The first-order valence-corrected chi connectivity index (χ1v) is 8.69. The minimum Gasteiger partial charge on any atom is -0.467 e. The molecule has 3 aromatic heterocycles. The molecular weight excluding hydrogens is 360 g/mol. The van der Waals surface area contributed by atoms with Crippen molar-refractivity contribution < 1.29 is 9.15 Å². The predicted molar refractivity (Wildman–Crippen MR) is 102 cm³/mol. The summed E-state index contributed by atoms with van der Waals surface area (Å²) in [5.41, 5.74) is 1.68. The Bertz CT molecular complexity index is 1020. The van der Waals surface area contributed by atoms with Gasteiger partial charge in [-0.3, -0.25) is 0 Å². The lowest BCUT2D eigenvalue weighted by molar-refractivity contribution is 0.312. The van der Waals surface area contributed by atoms with Crippen LogP contribution in [0.2, 0.25) is 0 Å². The van der Waals surface area contributed by atoms with Gasteiger partial charge in [0.2, 0.25) is 11.9 Å². The third-order valence-corrected chi connectivity index (χ3v) is 3.70. The Morgan fingerprint density at radius 2 is 2.04 bits per heavy atom. The van der Waals surface area contributed by atoms with Gasteiger partial charge in [-0.05, 0) is 31.2 Å². The lowest BCUT2D eigenvalue weighted by Gasteiger charge is -2.10.